The smallest absolute Gasteiger partial charge is 0.315 e. The van der Waals surface area contributed by atoms with Gasteiger partial charge in [0, 0.05) is 13.5 Å². The van der Waals surface area contributed by atoms with Gasteiger partial charge in [0.2, 0.25) is 0 Å². The number of esters is 1. The summed E-state index contributed by atoms with van der Waals surface area (Å²) in [5.74, 6) is -0.599. The number of carbonyl (C=O) groups is 1. The molecular formula is C10H16Cl3O5P. The molecule has 0 bridgehead atoms. The molecule has 2 atom stereocenters. The quantitative estimate of drug-likeness (QED) is 0.290. The monoisotopic (exact) mass is 352 g/mol. The van der Waals surface area contributed by atoms with Crippen LogP contribution in [0.2, 0.25) is 0 Å². The highest BCUT2D eigenvalue weighted by Gasteiger charge is 2.69. The number of hydrogen-bond donors (Lipinski definition) is 0. The maximum Gasteiger partial charge on any atom is 0.315 e. The van der Waals surface area contributed by atoms with Gasteiger partial charge in [-0.1, -0.05) is 0 Å². The molecule has 2 unspecified atom stereocenters. The number of alkyl halides is 3. The first-order valence-electron chi connectivity index (χ1n) is 5.53. The van der Waals surface area contributed by atoms with Crippen molar-refractivity contribution in [3.8, 4) is 0 Å². The van der Waals surface area contributed by atoms with Crippen LogP contribution in [0.25, 0.3) is 0 Å². The van der Waals surface area contributed by atoms with Crippen LogP contribution < -0.4 is 0 Å². The van der Waals surface area contributed by atoms with Gasteiger partial charge >= 0.3 is 5.97 Å². The first-order chi connectivity index (χ1) is 8.71. The van der Waals surface area contributed by atoms with Gasteiger partial charge in [-0.15, -0.1) is 34.8 Å². The molecule has 0 heterocycles. The molecule has 0 N–H and O–H groups in total. The second-order valence-electron chi connectivity index (χ2n) is 4.53. The number of methoxy groups -OCH3 is 1. The van der Waals surface area contributed by atoms with Crippen LogP contribution >= 0.6 is 42.2 Å². The van der Waals surface area contributed by atoms with Gasteiger partial charge in [-0.25, -0.2) is 0 Å². The third-order valence-corrected chi connectivity index (χ3v) is 6.63. The normalized spacial score (nSPS) is 27.6. The third kappa shape index (κ3) is 4.23. The number of halogens is 3. The van der Waals surface area contributed by atoms with E-state index in [9.17, 15) is 9.36 Å². The lowest BCUT2D eigenvalue weighted by Gasteiger charge is -2.18. The summed E-state index contributed by atoms with van der Waals surface area (Å²) in [6, 6.07) is 0. The molecule has 0 spiro atoms. The van der Waals surface area contributed by atoms with E-state index in [-0.39, 0.29) is 18.8 Å². The van der Waals surface area contributed by atoms with Gasteiger partial charge in [0.25, 0.3) is 7.37 Å². The fourth-order valence-corrected chi connectivity index (χ4v) is 3.37. The Labute approximate surface area is 127 Å². The molecule has 1 saturated carbocycles. The van der Waals surface area contributed by atoms with E-state index in [0.717, 1.165) is 0 Å². The number of hydrogen-bond acceptors (Lipinski definition) is 5. The summed E-state index contributed by atoms with van der Waals surface area (Å²) in [5, 5.41) is 0. The minimum Gasteiger partial charge on any atom is -0.455 e. The van der Waals surface area contributed by atoms with E-state index in [0.29, 0.717) is 6.42 Å². The summed E-state index contributed by atoms with van der Waals surface area (Å²) in [6.07, 6.45) is -0.0872. The molecule has 9 heteroatoms. The molecule has 19 heavy (non-hydrogen) atoms. The SMILES string of the molecule is COCCOP(=O)(CCl)COC(=O)C1(C)CC1(Cl)Cl. The zero-order chi connectivity index (χ0) is 14.7. The summed E-state index contributed by atoms with van der Waals surface area (Å²) < 4.78 is 25.8. The molecule has 1 aliphatic carbocycles. The highest BCUT2D eigenvalue weighted by molar-refractivity contribution is 7.60. The van der Waals surface area contributed by atoms with Crippen LogP contribution in [0.5, 0.6) is 0 Å². The molecule has 1 aliphatic rings. The van der Waals surface area contributed by atoms with Gasteiger partial charge < -0.3 is 14.0 Å². The fourth-order valence-electron chi connectivity index (χ4n) is 1.33. The molecule has 5 nitrogen and oxygen atoms in total. The van der Waals surface area contributed by atoms with Crippen LogP contribution in [-0.4, -0.2) is 42.6 Å². The summed E-state index contributed by atoms with van der Waals surface area (Å²) in [6.45, 7) is 1.98. The molecule has 0 aromatic rings. The Morgan fingerprint density at radius 3 is 2.37 bits per heavy atom. The van der Waals surface area contributed by atoms with Crippen LogP contribution in [0.1, 0.15) is 13.3 Å². The predicted molar refractivity (Wildman–Crippen MR) is 74.3 cm³/mol. The maximum atomic E-state index is 12.1. The predicted octanol–water partition coefficient (Wildman–Crippen LogP) is 3.21. The Bertz CT molecular complexity index is 389. The minimum atomic E-state index is -3.21. The van der Waals surface area contributed by atoms with E-state index in [2.05, 4.69) is 0 Å². The molecule has 0 aromatic carbocycles. The van der Waals surface area contributed by atoms with Crippen molar-refractivity contribution in [3.05, 3.63) is 0 Å². The molecule has 0 saturated heterocycles. The van der Waals surface area contributed by atoms with Crippen molar-refractivity contribution < 1.29 is 23.4 Å². The standard InChI is InChI=1S/C10H16Cl3O5P/c1-9(5-10(9,12)13)8(14)17-7-19(15,6-11)18-4-3-16-2/h3-7H2,1-2H3. The largest absolute Gasteiger partial charge is 0.455 e. The summed E-state index contributed by atoms with van der Waals surface area (Å²) in [4.78, 5) is 11.8. The number of ether oxygens (including phenoxy) is 2. The van der Waals surface area contributed by atoms with Crippen LogP contribution in [0.4, 0.5) is 0 Å². The second-order valence-corrected chi connectivity index (χ2v) is 9.12. The summed E-state index contributed by atoms with van der Waals surface area (Å²) in [5.41, 5.74) is -1.20. The molecule has 0 amide bonds. The average molecular weight is 354 g/mol. The van der Waals surface area contributed by atoms with E-state index in [1.165, 1.54) is 7.11 Å². The van der Waals surface area contributed by atoms with Crippen LogP contribution in [-0.2, 0) is 23.4 Å². The van der Waals surface area contributed by atoms with Crippen LogP contribution in [0, 0.1) is 5.41 Å². The van der Waals surface area contributed by atoms with E-state index >= 15 is 0 Å². The lowest BCUT2D eigenvalue weighted by Crippen LogP contribution is -2.22. The zero-order valence-corrected chi connectivity index (χ0v) is 13.8. The zero-order valence-electron chi connectivity index (χ0n) is 10.7. The first-order valence-corrected chi connectivity index (χ1v) is 8.82. The Morgan fingerprint density at radius 2 is 1.95 bits per heavy atom. The molecule has 0 aromatic heterocycles. The van der Waals surface area contributed by atoms with E-state index in [1.807, 2.05) is 0 Å². The maximum absolute atomic E-state index is 12.1. The minimum absolute atomic E-state index is 0.115. The van der Waals surface area contributed by atoms with Crippen molar-refractivity contribution >= 4 is 48.1 Å². The highest BCUT2D eigenvalue weighted by atomic mass is 35.5. The van der Waals surface area contributed by atoms with Crippen molar-refractivity contribution in [1.29, 1.82) is 0 Å². The summed E-state index contributed by atoms with van der Waals surface area (Å²) >= 11 is 17.3. The number of rotatable bonds is 8. The number of carbonyl (C=O) groups excluding carboxylic acids is 1. The van der Waals surface area contributed by atoms with Crippen LogP contribution in [0.15, 0.2) is 0 Å². The lowest BCUT2D eigenvalue weighted by atomic mass is 10.1. The molecule has 0 radical (unpaired) electrons. The van der Waals surface area contributed by atoms with Gasteiger partial charge in [0.15, 0.2) is 6.35 Å². The van der Waals surface area contributed by atoms with Crippen molar-refractivity contribution in [2.45, 2.75) is 17.7 Å². The van der Waals surface area contributed by atoms with Gasteiger partial charge in [0.05, 0.1) is 13.2 Å². The van der Waals surface area contributed by atoms with Crippen molar-refractivity contribution in [2.24, 2.45) is 5.41 Å². The Kier molecular flexibility index (Phi) is 6.00. The summed E-state index contributed by atoms with van der Waals surface area (Å²) in [7, 11) is -1.72. The van der Waals surface area contributed by atoms with Crippen molar-refractivity contribution in [3.63, 3.8) is 0 Å². The Hall–Kier alpha value is 0.490. The topological polar surface area (TPSA) is 61.8 Å². The average Bonchev–Trinajstić information content (AvgIpc) is 2.87. The molecule has 1 rings (SSSR count). The van der Waals surface area contributed by atoms with Crippen LogP contribution in [0.3, 0.4) is 0 Å². The van der Waals surface area contributed by atoms with Gasteiger partial charge in [-0.3, -0.25) is 9.36 Å². The molecular weight excluding hydrogens is 337 g/mol. The highest BCUT2D eigenvalue weighted by Crippen LogP contribution is 2.64. The van der Waals surface area contributed by atoms with E-state index < -0.39 is 29.4 Å². The molecule has 0 aliphatic heterocycles. The molecule has 1 fully saturated rings. The Balaban J connectivity index is 2.46. The fraction of sp³-hybridized carbons (Fsp3) is 0.900. The Morgan fingerprint density at radius 1 is 1.37 bits per heavy atom. The van der Waals surface area contributed by atoms with E-state index in [4.69, 9.17) is 48.8 Å². The lowest BCUT2D eigenvalue weighted by molar-refractivity contribution is -0.147. The van der Waals surface area contributed by atoms with Crippen molar-refractivity contribution in [2.75, 3.05) is 32.3 Å². The van der Waals surface area contributed by atoms with Gasteiger partial charge in [0.1, 0.15) is 15.4 Å². The van der Waals surface area contributed by atoms with Gasteiger partial charge in [-0.2, -0.15) is 0 Å². The first kappa shape index (κ1) is 17.5. The van der Waals surface area contributed by atoms with Crippen molar-refractivity contribution in [1.82, 2.24) is 0 Å². The van der Waals surface area contributed by atoms with E-state index in [1.54, 1.807) is 6.92 Å². The third-order valence-electron chi connectivity index (χ3n) is 2.90. The molecule has 112 valence electrons. The second kappa shape index (κ2) is 6.50. The van der Waals surface area contributed by atoms with Gasteiger partial charge in [-0.05, 0) is 6.92 Å².